The summed E-state index contributed by atoms with van der Waals surface area (Å²) < 4.78 is 44.0. The molecule has 0 radical (unpaired) electrons. The predicted molar refractivity (Wildman–Crippen MR) is 48.8 cm³/mol. The van der Waals surface area contributed by atoms with Gasteiger partial charge in [-0.1, -0.05) is 25.3 Å². The van der Waals surface area contributed by atoms with Crippen LogP contribution in [-0.2, 0) is 0 Å². The van der Waals surface area contributed by atoms with Gasteiger partial charge in [0.05, 0.1) is 11.2 Å². The van der Waals surface area contributed by atoms with E-state index in [0.717, 1.165) is 6.20 Å². The van der Waals surface area contributed by atoms with E-state index in [1.165, 1.54) is 0 Å². The van der Waals surface area contributed by atoms with Gasteiger partial charge in [-0.05, 0) is 21.8 Å². The van der Waals surface area contributed by atoms with Gasteiger partial charge in [-0.25, -0.2) is 0 Å². The normalized spacial score (nSPS) is 21.0. The van der Waals surface area contributed by atoms with Crippen molar-refractivity contribution in [2.45, 2.75) is 19.6 Å². The van der Waals surface area contributed by atoms with Gasteiger partial charge in [-0.15, -0.1) is 5.10 Å². The Morgan fingerprint density at radius 2 is 2.45 bits per heavy atom. The lowest BCUT2D eigenvalue weighted by Gasteiger charge is -2.07. The first kappa shape index (κ1) is 3.71. The third-order valence-corrected chi connectivity index (χ3v) is 1.97. The van der Waals surface area contributed by atoms with Crippen LogP contribution in [0.15, 0.2) is 10.8 Å². The molecular formula is C7H8BrClN2. The van der Waals surface area contributed by atoms with Crippen LogP contribution in [0.25, 0.3) is 0 Å². The number of nitrogens with zero attached hydrogens (tertiary/aromatic N) is 2. The maximum absolute atomic E-state index is 7.32. The summed E-state index contributed by atoms with van der Waals surface area (Å²) in [5.41, 5.74) is -0.0679. The highest BCUT2D eigenvalue weighted by Gasteiger charge is 2.09. The van der Waals surface area contributed by atoms with E-state index in [4.69, 9.17) is 19.8 Å². The van der Waals surface area contributed by atoms with Crippen LogP contribution in [0.4, 0.5) is 0 Å². The number of rotatable bonds is 1. The Morgan fingerprint density at radius 3 is 3.00 bits per heavy atom. The first-order valence-corrected chi connectivity index (χ1v) is 3.89. The van der Waals surface area contributed by atoms with Crippen molar-refractivity contribution in [1.29, 1.82) is 0 Å². The Morgan fingerprint density at radius 1 is 1.73 bits per heavy atom. The Kier molecular flexibility index (Phi) is 1.18. The Hall–Kier alpha value is -0.150. The number of hydrogen-bond acceptors (Lipinski definition) is 2. The van der Waals surface area contributed by atoms with Crippen molar-refractivity contribution in [2.75, 3.05) is 0 Å². The van der Waals surface area contributed by atoms with Crippen molar-refractivity contribution < 1.29 is 8.22 Å². The van der Waals surface area contributed by atoms with Gasteiger partial charge < -0.3 is 0 Å². The maximum Gasteiger partial charge on any atom is 0.133 e. The van der Waals surface area contributed by atoms with Gasteiger partial charge >= 0.3 is 0 Å². The predicted octanol–water partition coefficient (Wildman–Crippen LogP) is 3.02. The van der Waals surface area contributed by atoms with E-state index < -0.39 is 19.6 Å². The van der Waals surface area contributed by atoms with E-state index in [9.17, 15) is 0 Å². The molecule has 60 valence electrons. The average molecular weight is 242 g/mol. The van der Waals surface area contributed by atoms with Gasteiger partial charge in [0.1, 0.15) is 4.60 Å². The highest BCUT2D eigenvalue weighted by atomic mass is 79.9. The summed E-state index contributed by atoms with van der Waals surface area (Å²) in [4.78, 5) is 0. The number of halogens is 2. The van der Waals surface area contributed by atoms with E-state index in [-0.39, 0.29) is 15.2 Å². The molecule has 0 aromatic carbocycles. The second-order valence-electron chi connectivity index (χ2n) is 1.83. The van der Waals surface area contributed by atoms with Gasteiger partial charge in [0.25, 0.3) is 0 Å². The van der Waals surface area contributed by atoms with Gasteiger partial charge in [-0.2, -0.15) is 5.10 Å². The van der Waals surface area contributed by atoms with Crippen LogP contribution in [0.1, 0.15) is 33.4 Å². The van der Waals surface area contributed by atoms with Gasteiger partial charge in [0, 0.05) is 13.8 Å². The fourth-order valence-electron chi connectivity index (χ4n) is 0.609. The standard InChI is InChI=1S/C7H8BrClN2/c1-4(2)6-5(9)3-10-11-7(6)8/h3-4H,1-2H3/i1D3,2D3. The van der Waals surface area contributed by atoms with Crippen molar-refractivity contribution in [1.82, 2.24) is 10.2 Å². The molecule has 1 aromatic heterocycles. The topological polar surface area (TPSA) is 25.8 Å². The van der Waals surface area contributed by atoms with E-state index in [2.05, 4.69) is 26.1 Å². The smallest absolute Gasteiger partial charge is 0.133 e. The molecule has 0 saturated carbocycles. The maximum atomic E-state index is 7.32. The van der Waals surface area contributed by atoms with E-state index in [1.54, 1.807) is 0 Å². The minimum atomic E-state index is -2.71. The fourth-order valence-corrected chi connectivity index (χ4v) is 1.50. The molecule has 0 unspecified atom stereocenters. The third-order valence-electron chi connectivity index (χ3n) is 1.08. The molecule has 1 rings (SSSR count). The first-order valence-electron chi connectivity index (χ1n) is 5.71. The van der Waals surface area contributed by atoms with Crippen LogP contribution in [0.2, 0.25) is 5.02 Å². The first-order chi connectivity index (χ1) is 7.55. The SMILES string of the molecule is [2H]C([2H])([2H])C(c1c(Cl)cnnc1Br)C([2H])([2H])[2H]. The molecule has 0 N–H and O–H groups in total. The second kappa shape index (κ2) is 3.50. The lowest BCUT2D eigenvalue weighted by Crippen LogP contribution is -1.94. The van der Waals surface area contributed by atoms with Crippen LogP contribution in [0, 0.1) is 0 Å². The monoisotopic (exact) mass is 240 g/mol. The van der Waals surface area contributed by atoms with Crippen LogP contribution >= 0.6 is 27.5 Å². The minimum Gasteiger partial charge on any atom is -0.156 e. The zero-order valence-corrected chi connectivity index (χ0v) is 7.65. The molecule has 0 aliphatic carbocycles. The Balaban J connectivity index is 3.44. The summed E-state index contributed by atoms with van der Waals surface area (Å²) in [6.45, 7) is -5.42. The van der Waals surface area contributed by atoms with Gasteiger partial charge in [-0.3, -0.25) is 0 Å². The van der Waals surface area contributed by atoms with Crippen LogP contribution < -0.4 is 0 Å². The van der Waals surface area contributed by atoms with E-state index >= 15 is 0 Å². The van der Waals surface area contributed by atoms with Crippen LogP contribution in [0.5, 0.6) is 0 Å². The molecule has 1 heterocycles. The second-order valence-corrected chi connectivity index (χ2v) is 2.99. The molecule has 0 aliphatic rings. The summed E-state index contributed by atoms with van der Waals surface area (Å²) in [7, 11) is 0. The summed E-state index contributed by atoms with van der Waals surface area (Å²) in [6.07, 6.45) is 1.12. The van der Waals surface area contributed by atoms with E-state index in [0.29, 0.717) is 0 Å². The van der Waals surface area contributed by atoms with Gasteiger partial charge in [0.2, 0.25) is 0 Å². The molecule has 0 spiro atoms. The molecule has 4 heteroatoms. The highest BCUT2D eigenvalue weighted by Crippen LogP contribution is 2.28. The molecular weight excluding hydrogens is 227 g/mol. The lowest BCUT2D eigenvalue weighted by atomic mass is 10.1. The quantitative estimate of drug-likeness (QED) is 0.755. The molecule has 0 amide bonds. The Bertz CT molecular complexity index is 384. The molecule has 0 bridgehead atoms. The van der Waals surface area contributed by atoms with Crippen molar-refractivity contribution in [3.63, 3.8) is 0 Å². The summed E-state index contributed by atoms with van der Waals surface area (Å²) >= 11 is 8.78. The Labute approximate surface area is 87.5 Å². The van der Waals surface area contributed by atoms with Crippen molar-refractivity contribution in [3.05, 3.63) is 21.4 Å². The number of aromatic nitrogens is 2. The molecule has 11 heavy (non-hydrogen) atoms. The van der Waals surface area contributed by atoms with Crippen LogP contribution in [0.3, 0.4) is 0 Å². The molecule has 0 atom stereocenters. The third kappa shape index (κ3) is 1.91. The number of hydrogen-bond donors (Lipinski definition) is 0. The average Bonchev–Trinajstić information content (AvgIpc) is 2.06. The summed E-state index contributed by atoms with van der Waals surface area (Å²) in [6, 6.07) is 0. The summed E-state index contributed by atoms with van der Waals surface area (Å²) in [5.74, 6) is -1.70. The van der Waals surface area contributed by atoms with Gasteiger partial charge in [0.15, 0.2) is 0 Å². The highest BCUT2D eigenvalue weighted by molar-refractivity contribution is 9.10. The minimum absolute atomic E-state index is 0.0299. The van der Waals surface area contributed by atoms with Crippen molar-refractivity contribution in [3.8, 4) is 0 Å². The molecule has 0 aliphatic heterocycles. The van der Waals surface area contributed by atoms with Crippen LogP contribution in [-0.4, -0.2) is 10.2 Å². The zero-order valence-electron chi connectivity index (χ0n) is 11.3. The lowest BCUT2D eigenvalue weighted by molar-refractivity contribution is 0.828. The molecule has 0 fully saturated rings. The summed E-state index contributed by atoms with van der Waals surface area (Å²) in [5, 5.41) is 7.03. The molecule has 0 saturated heterocycles. The zero-order chi connectivity index (χ0) is 13.4. The largest absolute Gasteiger partial charge is 0.156 e. The molecule has 1 aromatic rings. The molecule has 2 nitrogen and oxygen atoms in total. The van der Waals surface area contributed by atoms with Crippen molar-refractivity contribution >= 4 is 27.5 Å². The van der Waals surface area contributed by atoms with Crippen molar-refractivity contribution in [2.24, 2.45) is 0 Å². The van der Waals surface area contributed by atoms with E-state index in [1.807, 2.05) is 0 Å². The fraction of sp³-hybridized carbons (Fsp3) is 0.429.